The van der Waals surface area contributed by atoms with Gasteiger partial charge in [0.15, 0.2) is 6.61 Å². The molecule has 0 aliphatic rings. The van der Waals surface area contributed by atoms with E-state index in [0.717, 1.165) is 10.8 Å². The first-order valence-corrected chi connectivity index (χ1v) is 7.62. The standard InChI is InChI=1S/C19H15NO5/c21-19(25-12-14-5-8-17(9-6-14)20(22)23)13-24-18-10-7-15-3-1-2-4-16(15)11-18/h1-11H,12-13H2. The zero-order valence-electron chi connectivity index (χ0n) is 13.3. The number of benzene rings is 3. The fraction of sp³-hybridized carbons (Fsp3) is 0.105. The normalized spacial score (nSPS) is 10.4. The van der Waals surface area contributed by atoms with E-state index in [4.69, 9.17) is 9.47 Å². The second-order valence-electron chi connectivity index (χ2n) is 5.38. The first kappa shape index (κ1) is 16.4. The van der Waals surface area contributed by atoms with Crippen LogP contribution in [-0.2, 0) is 16.1 Å². The molecule has 3 rings (SSSR count). The van der Waals surface area contributed by atoms with Crippen LogP contribution in [0.25, 0.3) is 10.8 Å². The smallest absolute Gasteiger partial charge is 0.344 e. The number of fused-ring (bicyclic) bond motifs is 1. The van der Waals surface area contributed by atoms with Gasteiger partial charge in [-0.2, -0.15) is 0 Å². The van der Waals surface area contributed by atoms with Crippen molar-refractivity contribution in [1.29, 1.82) is 0 Å². The number of nitro benzene ring substituents is 1. The number of carbonyl (C=O) groups is 1. The van der Waals surface area contributed by atoms with Gasteiger partial charge in [0.25, 0.3) is 5.69 Å². The van der Waals surface area contributed by atoms with Crippen molar-refractivity contribution in [2.24, 2.45) is 0 Å². The first-order valence-electron chi connectivity index (χ1n) is 7.62. The molecule has 3 aromatic rings. The molecule has 0 saturated carbocycles. The lowest BCUT2D eigenvalue weighted by Gasteiger charge is -2.08. The molecule has 0 radical (unpaired) electrons. The molecule has 3 aromatic carbocycles. The molecule has 0 spiro atoms. The molecule has 25 heavy (non-hydrogen) atoms. The predicted octanol–water partition coefficient (Wildman–Crippen LogP) is 3.87. The number of hydrogen-bond donors (Lipinski definition) is 0. The van der Waals surface area contributed by atoms with Crippen LogP contribution in [0.5, 0.6) is 5.75 Å². The fourth-order valence-electron chi connectivity index (χ4n) is 2.32. The van der Waals surface area contributed by atoms with Crippen LogP contribution in [0.4, 0.5) is 5.69 Å². The third-order valence-corrected chi connectivity index (χ3v) is 3.62. The van der Waals surface area contributed by atoms with Gasteiger partial charge in [-0.3, -0.25) is 10.1 Å². The summed E-state index contributed by atoms with van der Waals surface area (Å²) in [6.07, 6.45) is 0. The van der Waals surface area contributed by atoms with Crippen molar-refractivity contribution in [3.63, 3.8) is 0 Å². The lowest BCUT2D eigenvalue weighted by Crippen LogP contribution is -2.14. The Labute approximate surface area is 143 Å². The third-order valence-electron chi connectivity index (χ3n) is 3.62. The largest absolute Gasteiger partial charge is 0.482 e. The fourth-order valence-corrected chi connectivity index (χ4v) is 2.32. The summed E-state index contributed by atoms with van der Waals surface area (Å²) in [7, 11) is 0. The number of hydrogen-bond acceptors (Lipinski definition) is 5. The van der Waals surface area contributed by atoms with Crippen LogP contribution in [0.15, 0.2) is 66.7 Å². The van der Waals surface area contributed by atoms with E-state index in [0.29, 0.717) is 11.3 Å². The molecular weight excluding hydrogens is 322 g/mol. The number of rotatable bonds is 6. The van der Waals surface area contributed by atoms with Crippen LogP contribution in [0.2, 0.25) is 0 Å². The Morgan fingerprint density at radius 1 is 0.960 bits per heavy atom. The molecule has 0 N–H and O–H groups in total. The molecular formula is C19H15NO5. The Hall–Kier alpha value is -3.41. The monoisotopic (exact) mass is 337 g/mol. The van der Waals surface area contributed by atoms with Gasteiger partial charge in [0.2, 0.25) is 0 Å². The summed E-state index contributed by atoms with van der Waals surface area (Å²) >= 11 is 0. The molecule has 6 nitrogen and oxygen atoms in total. The van der Waals surface area contributed by atoms with Gasteiger partial charge in [0.05, 0.1) is 4.92 Å². The predicted molar refractivity (Wildman–Crippen MR) is 92.3 cm³/mol. The zero-order valence-corrected chi connectivity index (χ0v) is 13.3. The molecule has 0 amide bonds. The zero-order chi connectivity index (χ0) is 17.6. The van der Waals surface area contributed by atoms with Gasteiger partial charge in [0, 0.05) is 12.1 Å². The lowest BCUT2D eigenvalue weighted by molar-refractivity contribution is -0.384. The molecule has 0 fully saturated rings. The Morgan fingerprint density at radius 2 is 1.68 bits per heavy atom. The summed E-state index contributed by atoms with van der Waals surface area (Å²) in [5.74, 6) is 0.0810. The van der Waals surface area contributed by atoms with Gasteiger partial charge < -0.3 is 9.47 Å². The average Bonchev–Trinajstić information content (AvgIpc) is 2.65. The molecule has 0 heterocycles. The highest BCUT2D eigenvalue weighted by Crippen LogP contribution is 2.20. The quantitative estimate of drug-likeness (QED) is 0.387. The second kappa shape index (κ2) is 7.44. The van der Waals surface area contributed by atoms with E-state index in [1.54, 1.807) is 18.2 Å². The molecule has 0 aliphatic heterocycles. The SMILES string of the molecule is O=C(COc1ccc2ccccc2c1)OCc1ccc([N+](=O)[O-])cc1. The van der Waals surface area contributed by atoms with Crippen LogP contribution >= 0.6 is 0 Å². The number of nitro groups is 1. The van der Waals surface area contributed by atoms with Gasteiger partial charge in [-0.25, -0.2) is 4.79 Å². The highest BCUT2D eigenvalue weighted by molar-refractivity contribution is 5.83. The Kier molecular flexibility index (Phi) is 4.89. The Morgan fingerprint density at radius 3 is 2.40 bits per heavy atom. The number of esters is 1. The van der Waals surface area contributed by atoms with E-state index in [9.17, 15) is 14.9 Å². The van der Waals surface area contributed by atoms with Gasteiger partial charge in [0.1, 0.15) is 12.4 Å². The summed E-state index contributed by atoms with van der Waals surface area (Å²) in [5, 5.41) is 12.7. The second-order valence-corrected chi connectivity index (χ2v) is 5.38. The number of nitrogens with zero attached hydrogens (tertiary/aromatic N) is 1. The van der Waals surface area contributed by atoms with Crippen LogP contribution in [-0.4, -0.2) is 17.5 Å². The average molecular weight is 337 g/mol. The van der Waals surface area contributed by atoms with Crippen molar-refractivity contribution >= 4 is 22.4 Å². The molecule has 0 aromatic heterocycles. The van der Waals surface area contributed by atoms with E-state index in [2.05, 4.69) is 0 Å². The van der Waals surface area contributed by atoms with Crippen molar-refractivity contribution in [3.8, 4) is 5.75 Å². The van der Waals surface area contributed by atoms with Crippen LogP contribution < -0.4 is 4.74 Å². The highest BCUT2D eigenvalue weighted by atomic mass is 16.6. The number of carbonyl (C=O) groups excluding carboxylic acids is 1. The minimum Gasteiger partial charge on any atom is -0.482 e. The van der Waals surface area contributed by atoms with Gasteiger partial charge in [-0.15, -0.1) is 0 Å². The van der Waals surface area contributed by atoms with Gasteiger partial charge >= 0.3 is 5.97 Å². The molecule has 0 saturated heterocycles. The van der Waals surface area contributed by atoms with Crippen LogP contribution in [0.3, 0.4) is 0 Å². The van der Waals surface area contributed by atoms with E-state index < -0.39 is 10.9 Å². The van der Waals surface area contributed by atoms with E-state index in [1.165, 1.54) is 12.1 Å². The maximum Gasteiger partial charge on any atom is 0.344 e. The summed E-state index contributed by atoms with van der Waals surface area (Å²) in [5.41, 5.74) is 0.666. The molecule has 6 heteroatoms. The van der Waals surface area contributed by atoms with E-state index in [1.807, 2.05) is 36.4 Å². The summed E-state index contributed by atoms with van der Waals surface area (Å²) < 4.78 is 10.6. The van der Waals surface area contributed by atoms with Crippen molar-refractivity contribution in [1.82, 2.24) is 0 Å². The van der Waals surface area contributed by atoms with E-state index in [-0.39, 0.29) is 18.9 Å². The molecule has 0 atom stereocenters. The molecule has 0 aliphatic carbocycles. The first-order chi connectivity index (χ1) is 12.1. The highest BCUT2D eigenvalue weighted by Gasteiger charge is 2.08. The summed E-state index contributed by atoms with van der Waals surface area (Å²) in [6.45, 7) is -0.163. The topological polar surface area (TPSA) is 78.7 Å². The van der Waals surface area contributed by atoms with Crippen LogP contribution in [0.1, 0.15) is 5.56 Å². The molecule has 0 unspecified atom stereocenters. The Balaban J connectivity index is 1.51. The van der Waals surface area contributed by atoms with Crippen molar-refractivity contribution in [3.05, 3.63) is 82.4 Å². The molecule has 0 bridgehead atoms. The van der Waals surface area contributed by atoms with Crippen molar-refractivity contribution in [2.45, 2.75) is 6.61 Å². The Bertz CT molecular complexity index is 905. The van der Waals surface area contributed by atoms with Gasteiger partial charge in [-0.1, -0.05) is 30.3 Å². The summed E-state index contributed by atoms with van der Waals surface area (Å²) in [6, 6.07) is 19.3. The third kappa shape index (κ3) is 4.32. The lowest BCUT2D eigenvalue weighted by atomic mass is 10.1. The van der Waals surface area contributed by atoms with Crippen molar-refractivity contribution < 1.29 is 19.2 Å². The maximum absolute atomic E-state index is 11.8. The number of ether oxygens (including phenoxy) is 2. The minimum atomic E-state index is -0.508. The van der Waals surface area contributed by atoms with Gasteiger partial charge in [-0.05, 0) is 40.6 Å². The maximum atomic E-state index is 11.8. The molecule has 126 valence electrons. The summed E-state index contributed by atoms with van der Waals surface area (Å²) in [4.78, 5) is 21.9. The van der Waals surface area contributed by atoms with Crippen molar-refractivity contribution in [2.75, 3.05) is 6.61 Å². The number of non-ortho nitro benzene ring substituents is 1. The van der Waals surface area contributed by atoms with E-state index >= 15 is 0 Å². The van der Waals surface area contributed by atoms with Crippen LogP contribution in [0, 0.1) is 10.1 Å². The minimum absolute atomic E-state index is 0.00489.